The highest BCUT2D eigenvalue weighted by molar-refractivity contribution is 6.43. The van der Waals surface area contributed by atoms with E-state index < -0.39 is 13.1 Å². The first-order valence-corrected chi connectivity index (χ1v) is 8.75. The second-order valence-electron chi connectivity index (χ2n) is 6.93. The Morgan fingerprint density at radius 1 is 1.38 bits per heavy atom. The molecular formula is C17H26BN3O3. The van der Waals surface area contributed by atoms with Crippen molar-refractivity contribution >= 4 is 13.0 Å². The monoisotopic (exact) mass is 331 g/mol. The molecule has 130 valence electrons. The minimum Gasteiger partial charge on any atom is -0.426 e. The summed E-state index contributed by atoms with van der Waals surface area (Å²) in [4.78, 5) is 14.1. The van der Waals surface area contributed by atoms with Crippen molar-refractivity contribution in [2.75, 3.05) is 26.2 Å². The first kappa shape index (κ1) is 17.4. The van der Waals surface area contributed by atoms with E-state index in [9.17, 15) is 14.8 Å². The maximum atomic E-state index is 12.5. The molecule has 0 aliphatic carbocycles. The molecule has 2 saturated heterocycles. The van der Waals surface area contributed by atoms with Crippen LogP contribution >= 0.6 is 0 Å². The zero-order valence-electron chi connectivity index (χ0n) is 13.9. The summed E-state index contributed by atoms with van der Waals surface area (Å²) < 4.78 is 0. The average molecular weight is 331 g/mol. The lowest BCUT2D eigenvalue weighted by atomic mass is 9.78. The minimum atomic E-state index is -1.46. The number of carbonyl (C=O) groups is 1. The fourth-order valence-electron chi connectivity index (χ4n) is 3.87. The van der Waals surface area contributed by atoms with Gasteiger partial charge in [-0.25, -0.2) is 0 Å². The zero-order chi connectivity index (χ0) is 17.0. The summed E-state index contributed by atoms with van der Waals surface area (Å²) in [5.74, 6) is -0.518. The number of amides is 1. The molecule has 2 heterocycles. The van der Waals surface area contributed by atoms with E-state index in [0.29, 0.717) is 13.0 Å². The van der Waals surface area contributed by atoms with E-state index in [2.05, 4.69) is 22.8 Å². The van der Waals surface area contributed by atoms with Gasteiger partial charge >= 0.3 is 7.12 Å². The van der Waals surface area contributed by atoms with Crippen LogP contribution in [0.2, 0.25) is 0 Å². The Kier molecular flexibility index (Phi) is 5.55. The van der Waals surface area contributed by atoms with E-state index in [0.717, 1.165) is 32.4 Å². The van der Waals surface area contributed by atoms with Crippen LogP contribution in [0.4, 0.5) is 0 Å². The molecule has 2 atom stereocenters. The maximum absolute atomic E-state index is 12.5. The Morgan fingerprint density at radius 2 is 2.17 bits per heavy atom. The molecule has 3 rings (SSSR count). The summed E-state index contributed by atoms with van der Waals surface area (Å²) in [5.41, 5.74) is 1.13. The molecule has 6 nitrogen and oxygen atoms in total. The molecule has 2 fully saturated rings. The highest BCUT2D eigenvalue weighted by atomic mass is 16.4. The van der Waals surface area contributed by atoms with Crippen molar-refractivity contribution in [3.63, 3.8) is 0 Å². The summed E-state index contributed by atoms with van der Waals surface area (Å²) in [5, 5.41) is 25.7. The van der Waals surface area contributed by atoms with E-state index in [1.165, 1.54) is 5.56 Å². The number of likely N-dealkylation sites (tertiary alicyclic amines) is 1. The van der Waals surface area contributed by atoms with Crippen LogP contribution in [0.15, 0.2) is 30.3 Å². The molecule has 0 bridgehead atoms. The van der Waals surface area contributed by atoms with Gasteiger partial charge in [0.25, 0.3) is 0 Å². The van der Waals surface area contributed by atoms with Gasteiger partial charge in [0.15, 0.2) is 0 Å². The molecule has 1 aromatic rings. The van der Waals surface area contributed by atoms with Crippen molar-refractivity contribution in [3.8, 4) is 0 Å². The largest absolute Gasteiger partial charge is 0.475 e. The number of nitrogens with zero attached hydrogens (tertiary/aromatic N) is 1. The van der Waals surface area contributed by atoms with Crippen molar-refractivity contribution in [3.05, 3.63) is 35.9 Å². The third-order valence-electron chi connectivity index (χ3n) is 5.21. The van der Waals surface area contributed by atoms with Gasteiger partial charge < -0.3 is 25.6 Å². The Morgan fingerprint density at radius 3 is 2.83 bits per heavy atom. The highest BCUT2D eigenvalue weighted by Gasteiger charge is 2.38. The topological polar surface area (TPSA) is 84.8 Å². The predicted molar refractivity (Wildman–Crippen MR) is 93.3 cm³/mol. The second-order valence-corrected chi connectivity index (χ2v) is 6.93. The lowest BCUT2D eigenvalue weighted by Gasteiger charge is -2.32. The van der Waals surface area contributed by atoms with Gasteiger partial charge in [0.1, 0.15) is 0 Å². The normalized spacial score (nSPS) is 26.8. The van der Waals surface area contributed by atoms with Crippen LogP contribution in [0.3, 0.4) is 0 Å². The Labute approximate surface area is 143 Å². The molecule has 0 unspecified atom stereocenters. The van der Waals surface area contributed by atoms with Crippen LogP contribution in [0.1, 0.15) is 24.8 Å². The first-order chi connectivity index (χ1) is 11.6. The van der Waals surface area contributed by atoms with Gasteiger partial charge in [-0.3, -0.25) is 4.79 Å². The van der Waals surface area contributed by atoms with Crippen LogP contribution in [0.5, 0.6) is 0 Å². The maximum Gasteiger partial charge on any atom is 0.475 e. The molecule has 0 saturated carbocycles. The fraction of sp³-hybridized carbons (Fsp3) is 0.588. The Bertz CT molecular complexity index is 549. The molecule has 1 aromatic carbocycles. The van der Waals surface area contributed by atoms with Gasteiger partial charge in [-0.1, -0.05) is 30.3 Å². The lowest BCUT2D eigenvalue weighted by molar-refractivity contribution is -0.130. The van der Waals surface area contributed by atoms with Crippen LogP contribution < -0.4 is 10.6 Å². The van der Waals surface area contributed by atoms with Crippen molar-refractivity contribution < 1.29 is 14.8 Å². The molecule has 1 amide bonds. The highest BCUT2D eigenvalue weighted by Crippen LogP contribution is 2.22. The smallest absolute Gasteiger partial charge is 0.426 e. The fourth-order valence-corrected chi connectivity index (χ4v) is 3.87. The van der Waals surface area contributed by atoms with Crippen molar-refractivity contribution in [1.29, 1.82) is 0 Å². The van der Waals surface area contributed by atoms with Crippen molar-refractivity contribution in [1.82, 2.24) is 15.5 Å². The van der Waals surface area contributed by atoms with Gasteiger partial charge in [-0.15, -0.1) is 0 Å². The third-order valence-corrected chi connectivity index (χ3v) is 5.21. The standard InChI is InChI=1S/C17H26BN3O3/c22-16(21-10-4-7-15(21)18(23)24)12-20-17(8-9-19-13-17)11-14-5-2-1-3-6-14/h1-3,5-6,15,19-20,23-24H,4,7-13H2/t15-,17+/m0/s1. The molecule has 0 spiro atoms. The van der Waals surface area contributed by atoms with Crippen molar-refractivity contribution in [2.24, 2.45) is 0 Å². The van der Waals surface area contributed by atoms with Gasteiger partial charge in [-0.2, -0.15) is 0 Å². The van der Waals surface area contributed by atoms with E-state index in [1.54, 1.807) is 4.90 Å². The van der Waals surface area contributed by atoms with E-state index >= 15 is 0 Å². The van der Waals surface area contributed by atoms with Crippen molar-refractivity contribution in [2.45, 2.75) is 37.2 Å². The predicted octanol–water partition coefficient (Wildman–Crippen LogP) is -0.446. The van der Waals surface area contributed by atoms with Crippen LogP contribution in [-0.2, 0) is 11.2 Å². The second kappa shape index (κ2) is 7.65. The minimum absolute atomic E-state index is 0.0510. The van der Waals surface area contributed by atoms with E-state index in [-0.39, 0.29) is 18.0 Å². The molecule has 4 N–H and O–H groups in total. The zero-order valence-corrected chi connectivity index (χ0v) is 13.9. The Hall–Kier alpha value is -1.41. The molecule has 2 aliphatic heterocycles. The number of hydrogen-bond acceptors (Lipinski definition) is 5. The van der Waals surface area contributed by atoms with Gasteiger partial charge in [0, 0.05) is 18.6 Å². The summed E-state index contributed by atoms with van der Waals surface area (Å²) in [7, 11) is -1.46. The SMILES string of the molecule is O=C(CN[C@@]1(Cc2ccccc2)CCNC1)N1CCC[C@H]1B(O)O. The lowest BCUT2D eigenvalue weighted by Crippen LogP contribution is -2.54. The quantitative estimate of drug-likeness (QED) is 0.531. The molecular weight excluding hydrogens is 305 g/mol. The number of nitrogens with one attached hydrogen (secondary N) is 2. The molecule has 0 radical (unpaired) electrons. The number of hydrogen-bond donors (Lipinski definition) is 4. The van der Waals surface area contributed by atoms with E-state index in [4.69, 9.17) is 0 Å². The number of carbonyl (C=O) groups excluding carboxylic acids is 1. The van der Waals surface area contributed by atoms with Gasteiger partial charge in [0.05, 0.1) is 12.5 Å². The average Bonchev–Trinajstić information content (AvgIpc) is 3.23. The number of benzene rings is 1. The van der Waals surface area contributed by atoms with Crippen LogP contribution in [0.25, 0.3) is 0 Å². The summed E-state index contributed by atoms with van der Waals surface area (Å²) in [6.45, 7) is 2.61. The van der Waals surface area contributed by atoms with E-state index in [1.807, 2.05) is 18.2 Å². The molecule has 2 aliphatic rings. The first-order valence-electron chi connectivity index (χ1n) is 8.75. The van der Waals surface area contributed by atoms with Crippen LogP contribution in [-0.4, -0.2) is 65.6 Å². The van der Waals surface area contributed by atoms with Crippen LogP contribution in [0, 0.1) is 0 Å². The van der Waals surface area contributed by atoms with Gasteiger partial charge in [0.2, 0.25) is 5.91 Å². The number of rotatable bonds is 6. The molecule has 0 aromatic heterocycles. The molecule has 24 heavy (non-hydrogen) atoms. The summed E-state index contributed by atoms with van der Waals surface area (Å²) in [6.07, 6.45) is 3.33. The molecule has 7 heteroatoms. The van der Waals surface area contributed by atoms with Gasteiger partial charge in [-0.05, 0) is 37.8 Å². The summed E-state index contributed by atoms with van der Waals surface area (Å²) >= 11 is 0. The summed E-state index contributed by atoms with van der Waals surface area (Å²) in [6, 6.07) is 10.3. The Balaban J connectivity index is 1.61. The third kappa shape index (κ3) is 3.98.